The molecule has 18 nitrogen and oxygen atoms in total. The molecule has 3 saturated heterocycles. The van der Waals surface area contributed by atoms with Crippen molar-refractivity contribution in [1.82, 2.24) is 0 Å². The van der Waals surface area contributed by atoms with Crippen LogP contribution in [-0.2, 0) is 28.4 Å². The zero-order valence-electron chi connectivity index (χ0n) is 40.2. The fourth-order valence-corrected chi connectivity index (χ4v) is 14.9. The van der Waals surface area contributed by atoms with Gasteiger partial charge in [0.2, 0.25) is 0 Å². The van der Waals surface area contributed by atoms with E-state index >= 15 is 0 Å². The van der Waals surface area contributed by atoms with Crippen molar-refractivity contribution in [2.24, 2.45) is 45.3 Å². The molecular weight excluding hydrogens is 865 g/mol. The number of ether oxygens (including phenoxy) is 6. The van der Waals surface area contributed by atoms with Gasteiger partial charge in [-0.05, 0) is 124 Å². The van der Waals surface area contributed by atoms with E-state index < -0.39 is 151 Å². The van der Waals surface area contributed by atoms with Gasteiger partial charge in [0.25, 0.3) is 0 Å². The van der Waals surface area contributed by atoms with Gasteiger partial charge < -0.3 is 89.7 Å². The van der Waals surface area contributed by atoms with Crippen molar-refractivity contribution in [3.63, 3.8) is 0 Å². The zero-order chi connectivity index (χ0) is 48.8. The molecule has 0 amide bonds. The molecule has 66 heavy (non-hydrogen) atoms. The van der Waals surface area contributed by atoms with Gasteiger partial charge in [-0.1, -0.05) is 46.3 Å². The third kappa shape index (κ3) is 8.69. The SMILES string of the molecule is CC(C)=CCC[C@](C)(O[C@@H]1O[C@H](CO)[C@@H](O)[C@H](O)[C@H]1O)[C@H]1CC[C@]2(C)[C@@H]1[C@H](O)CC1[C@@]3(C)CC[C@H](O)C(C)(C)[C@@H]3[C@@H](O[C@@H]3O[C@H](CO)[C@@H](O)[C@H](O)[C@H]3O[C@@H]3O[C@@H](C)[C@H](O)[C@@H](O)[C@H]3O)C[C@]12C. The van der Waals surface area contributed by atoms with E-state index in [1.165, 1.54) is 6.92 Å². The van der Waals surface area contributed by atoms with E-state index in [0.29, 0.717) is 51.4 Å². The van der Waals surface area contributed by atoms with E-state index in [-0.39, 0.29) is 23.7 Å². The summed E-state index contributed by atoms with van der Waals surface area (Å²) >= 11 is 0. The number of aliphatic hydroxyl groups is 12. The summed E-state index contributed by atoms with van der Waals surface area (Å²) in [7, 11) is 0. The maximum absolute atomic E-state index is 12.7. The molecule has 0 bridgehead atoms. The van der Waals surface area contributed by atoms with Crippen molar-refractivity contribution in [3.05, 3.63) is 11.6 Å². The highest BCUT2D eigenvalue weighted by Gasteiger charge is 2.74. The second-order valence-corrected chi connectivity index (χ2v) is 23.0. The normalized spacial score (nSPS) is 53.5. The van der Waals surface area contributed by atoms with Gasteiger partial charge in [-0.3, -0.25) is 0 Å². The summed E-state index contributed by atoms with van der Waals surface area (Å²) in [5, 5.41) is 132. The number of allylic oxidation sites excluding steroid dienone is 2. The molecule has 3 heterocycles. The van der Waals surface area contributed by atoms with Gasteiger partial charge in [0.15, 0.2) is 18.9 Å². The molecule has 12 N–H and O–H groups in total. The van der Waals surface area contributed by atoms with Gasteiger partial charge in [0.1, 0.15) is 67.1 Å². The molecule has 0 spiro atoms. The van der Waals surface area contributed by atoms with Crippen molar-refractivity contribution in [2.45, 2.75) is 230 Å². The molecule has 3 aliphatic heterocycles. The summed E-state index contributed by atoms with van der Waals surface area (Å²) in [4.78, 5) is 0. The van der Waals surface area contributed by atoms with Crippen LogP contribution in [0.15, 0.2) is 11.6 Å². The van der Waals surface area contributed by atoms with Crippen LogP contribution in [0.3, 0.4) is 0 Å². The van der Waals surface area contributed by atoms with E-state index in [0.717, 1.165) is 5.57 Å². The first-order chi connectivity index (χ1) is 30.7. The molecule has 7 rings (SSSR count). The van der Waals surface area contributed by atoms with Crippen molar-refractivity contribution < 1.29 is 89.7 Å². The fraction of sp³-hybridized carbons (Fsp3) is 0.958. The Labute approximate surface area is 388 Å². The molecule has 0 aromatic heterocycles. The smallest absolute Gasteiger partial charge is 0.187 e. The first-order valence-corrected chi connectivity index (χ1v) is 24.3. The fourth-order valence-electron chi connectivity index (χ4n) is 14.9. The van der Waals surface area contributed by atoms with Crippen LogP contribution in [0, 0.1) is 45.3 Å². The maximum atomic E-state index is 12.7. The number of hydrogen-bond acceptors (Lipinski definition) is 18. The quantitative estimate of drug-likeness (QED) is 0.0904. The largest absolute Gasteiger partial charge is 0.394 e. The molecule has 7 fully saturated rings. The van der Waals surface area contributed by atoms with Crippen LogP contribution in [0.25, 0.3) is 0 Å². The monoisotopic (exact) mass is 947 g/mol. The third-order valence-corrected chi connectivity index (χ3v) is 18.7. The molecule has 26 atom stereocenters. The molecule has 382 valence electrons. The lowest BCUT2D eigenvalue weighted by atomic mass is 9.34. The van der Waals surface area contributed by atoms with Gasteiger partial charge >= 0.3 is 0 Å². The summed E-state index contributed by atoms with van der Waals surface area (Å²) in [5.41, 5.74) is -2.43. The summed E-state index contributed by atoms with van der Waals surface area (Å²) in [6, 6.07) is 0. The Morgan fingerprint density at radius 1 is 0.682 bits per heavy atom. The van der Waals surface area contributed by atoms with E-state index in [9.17, 15) is 61.3 Å². The van der Waals surface area contributed by atoms with Crippen LogP contribution < -0.4 is 0 Å². The second-order valence-electron chi connectivity index (χ2n) is 23.0. The molecule has 1 unspecified atom stereocenters. The highest BCUT2D eigenvalue weighted by molar-refractivity contribution is 5.22. The minimum absolute atomic E-state index is 0.0861. The molecule has 0 aromatic carbocycles. The average Bonchev–Trinajstić information content (AvgIpc) is 3.64. The summed E-state index contributed by atoms with van der Waals surface area (Å²) in [5.74, 6) is -1.12. The Hall–Kier alpha value is -0.980. The average molecular weight is 947 g/mol. The van der Waals surface area contributed by atoms with E-state index in [1.54, 1.807) is 0 Å². The standard InChI is InChI=1S/C48H82O18/c1-21(2)11-10-14-48(9,66-42-38(60)35(57)32(54)26(19-49)63-42)23-12-16-46(7)30(23)24(51)17-28-45(6)15-13-29(52)44(4,5)40(45)25(18-47(28,46)8)62-43-39(36(58)33(55)27(20-50)64-43)65-41-37(59)34(56)31(53)22(3)61-41/h11,22-43,49-60H,10,12-20H2,1-9H3/t22-,23-,24+,25-,26+,27+,28?,29-,30-,31-,32+,33+,34+,35-,36-,37+,38+,39+,40-,41-,42-,43+,45+,46+,47+,48-/m0/s1. The minimum atomic E-state index is -1.75. The predicted octanol–water partition coefficient (Wildman–Crippen LogP) is -0.0284. The number of hydrogen-bond donors (Lipinski definition) is 12. The van der Waals surface area contributed by atoms with Crippen LogP contribution in [0.5, 0.6) is 0 Å². The van der Waals surface area contributed by atoms with E-state index in [4.69, 9.17) is 28.4 Å². The predicted molar refractivity (Wildman–Crippen MR) is 234 cm³/mol. The summed E-state index contributed by atoms with van der Waals surface area (Å²) in [6.07, 6.45) is -18.3. The molecule has 4 aliphatic carbocycles. The lowest BCUT2D eigenvalue weighted by Crippen LogP contribution is -2.71. The van der Waals surface area contributed by atoms with Gasteiger partial charge in [-0.25, -0.2) is 0 Å². The lowest BCUT2D eigenvalue weighted by molar-refractivity contribution is -0.382. The van der Waals surface area contributed by atoms with E-state index in [2.05, 4.69) is 26.8 Å². The highest BCUT2D eigenvalue weighted by Crippen LogP contribution is 2.76. The van der Waals surface area contributed by atoms with Crippen LogP contribution >= 0.6 is 0 Å². The first kappa shape index (κ1) is 52.8. The molecule has 0 radical (unpaired) electrons. The number of fused-ring (bicyclic) bond motifs is 5. The first-order valence-electron chi connectivity index (χ1n) is 24.3. The van der Waals surface area contributed by atoms with Crippen molar-refractivity contribution in [2.75, 3.05) is 13.2 Å². The van der Waals surface area contributed by atoms with Gasteiger partial charge in [-0.2, -0.15) is 0 Å². The lowest BCUT2D eigenvalue weighted by Gasteiger charge is -2.72. The molecular formula is C48H82O18. The van der Waals surface area contributed by atoms with Crippen LogP contribution in [-0.4, -0.2) is 191 Å². The topological polar surface area (TPSA) is 298 Å². The Morgan fingerprint density at radius 2 is 1.27 bits per heavy atom. The molecule has 18 heteroatoms. The van der Waals surface area contributed by atoms with Gasteiger partial charge in [0.05, 0.1) is 43.2 Å². The van der Waals surface area contributed by atoms with Gasteiger partial charge in [-0.15, -0.1) is 0 Å². The Balaban J connectivity index is 1.27. The van der Waals surface area contributed by atoms with Crippen LogP contribution in [0.4, 0.5) is 0 Å². The van der Waals surface area contributed by atoms with E-state index in [1.807, 2.05) is 34.6 Å². The highest BCUT2D eigenvalue weighted by atomic mass is 16.8. The summed E-state index contributed by atoms with van der Waals surface area (Å²) < 4.78 is 38.1. The maximum Gasteiger partial charge on any atom is 0.187 e. The molecule has 0 aromatic rings. The van der Waals surface area contributed by atoms with Crippen LogP contribution in [0.1, 0.15) is 114 Å². The molecule has 7 aliphatic rings. The summed E-state index contributed by atoms with van der Waals surface area (Å²) in [6.45, 7) is 16.8. The van der Waals surface area contributed by atoms with Crippen molar-refractivity contribution in [3.8, 4) is 0 Å². The van der Waals surface area contributed by atoms with Crippen LogP contribution in [0.2, 0.25) is 0 Å². The van der Waals surface area contributed by atoms with Crippen molar-refractivity contribution >= 4 is 0 Å². The Morgan fingerprint density at radius 3 is 1.89 bits per heavy atom. The Bertz CT molecular complexity index is 1700. The van der Waals surface area contributed by atoms with Gasteiger partial charge in [0, 0.05) is 0 Å². The zero-order valence-corrected chi connectivity index (χ0v) is 40.2. The third-order valence-electron chi connectivity index (χ3n) is 18.7. The second kappa shape index (κ2) is 19.2. The minimum Gasteiger partial charge on any atom is -0.394 e. The number of rotatable bonds is 12. The van der Waals surface area contributed by atoms with Crippen molar-refractivity contribution in [1.29, 1.82) is 0 Å². The Kier molecular flexibility index (Phi) is 15.4. The molecule has 4 saturated carbocycles. The number of aliphatic hydroxyl groups excluding tert-OH is 12.